The van der Waals surface area contributed by atoms with Crippen LogP contribution >= 0.6 is 15.9 Å². The van der Waals surface area contributed by atoms with E-state index in [4.69, 9.17) is 0 Å². The lowest BCUT2D eigenvalue weighted by Crippen LogP contribution is -2.49. The van der Waals surface area contributed by atoms with Crippen LogP contribution < -0.4 is 9.64 Å². The Balaban J connectivity index is 1.90. The van der Waals surface area contributed by atoms with Crippen LogP contribution in [0.1, 0.15) is 25.8 Å². The Hall–Kier alpha value is -2.03. The average Bonchev–Trinajstić information content (AvgIpc) is 2.99. The maximum Gasteiger partial charge on any atom is 0.573 e. The molecule has 0 N–H and O–H groups in total. The standard InChI is InChI=1S/C17H17BrF3N3O2/c1-16(2,24-10-12(18)9-22-24)15(25)23-7-3-4-11-8-13(5-6-14(11)23)26-17(19,20)21/h5-6,8-10H,3-4,7H2,1-2H3. The zero-order valence-corrected chi connectivity index (χ0v) is 15.8. The summed E-state index contributed by atoms with van der Waals surface area (Å²) in [7, 11) is 0. The summed E-state index contributed by atoms with van der Waals surface area (Å²) < 4.78 is 43.6. The number of carbonyl (C=O) groups is 1. The van der Waals surface area contributed by atoms with Crippen LogP contribution in [0.4, 0.5) is 18.9 Å². The number of halogens is 4. The number of ether oxygens (including phenoxy) is 1. The molecule has 140 valence electrons. The van der Waals surface area contributed by atoms with Crippen molar-refractivity contribution in [3.63, 3.8) is 0 Å². The quantitative estimate of drug-likeness (QED) is 0.729. The number of aryl methyl sites for hydroxylation is 1. The van der Waals surface area contributed by atoms with Crippen LogP contribution in [0.25, 0.3) is 0 Å². The van der Waals surface area contributed by atoms with Gasteiger partial charge in [-0.1, -0.05) is 0 Å². The number of hydrogen-bond donors (Lipinski definition) is 0. The number of alkyl halides is 3. The molecule has 0 spiro atoms. The molecule has 9 heteroatoms. The minimum atomic E-state index is -4.74. The van der Waals surface area contributed by atoms with Crippen molar-refractivity contribution >= 4 is 27.5 Å². The molecular formula is C17H17BrF3N3O2. The molecule has 0 radical (unpaired) electrons. The summed E-state index contributed by atoms with van der Waals surface area (Å²) in [6.07, 6.45) is -0.189. The summed E-state index contributed by atoms with van der Waals surface area (Å²) in [5, 5.41) is 4.19. The molecule has 26 heavy (non-hydrogen) atoms. The molecular weight excluding hydrogens is 415 g/mol. The predicted molar refractivity (Wildman–Crippen MR) is 93.0 cm³/mol. The SMILES string of the molecule is CC(C)(C(=O)N1CCCc2cc(OC(F)(F)F)ccc21)n1cc(Br)cn1. The van der Waals surface area contributed by atoms with E-state index in [1.165, 1.54) is 18.2 Å². The molecule has 0 saturated heterocycles. The molecule has 0 atom stereocenters. The lowest BCUT2D eigenvalue weighted by molar-refractivity contribution is -0.274. The maximum absolute atomic E-state index is 13.1. The van der Waals surface area contributed by atoms with Crippen molar-refractivity contribution in [1.82, 2.24) is 9.78 Å². The fourth-order valence-corrected chi connectivity index (χ4v) is 3.30. The normalized spacial score (nSPS) is 14.9. The van der Waals surface area contributed by atoms with Gasteiger partial charge in [0.2, 0.25) is 0 Å². The Labute approximate surface area is 156 Å². The van der Waals surface area contributed by atoms with E-state index in [-0.39, 0.29) is 11.7 Å². The summed E-state index contributed by atoms with van der Waals surface area (Å²) in [5.41, 5.74) is 0.320. The molecule has 1 aliphatic rings. The van der Waals surface area contributed by atoms with Crippen LogP contribution in [0.2, 0.25) is 0 Å². The van der Waals surface area contributed by atoms with Crippen molar-refractivity contribution < 1.29 is 22.7 Å². The molecule has 1 aromatic carbocycles. The van der Waals surface area contributed by atoms with Gasteiger partial charge in [-0.05, 0) is 66.4 Å². The maximum atomic E-state index is 13.1. The first-order chi connectivity index (χ1) is 12.1. The van der Waals surface area contributed by atoms with Crippen molar-refractivity contribution in [2.24, 2.45) is 0 Å². The fraction of sp³-hybridized carbons (Fsp3) is 0.412. The molecule has 0 fully saturated rings. The number of fused-ring (bicyclic) bond motifs is 1. The van der Waals surface area contributed by atoms with Crippen LogP contribution in [0.5, 0.6) is 5.75 Å². The molecule has 0 saturated carbocycles. The zero-order chi connectivity index (χ0) is 19.1. The highest BCUT2D eigenvalue weighted by atomic mass is 79.9. The highest BCUT2D eigenvalue weighted by molar-refractivity contribution is 9.10. The Bertz CT molecular complexity index is 833. The number of rotatable bonds is 3. The van der Waals surface area contributed by atoms with Gasteiger partial charge in [-0.3, -0.25) is 9.48 Å². The number of hydrogen-bond acceptors (Lipinski definition) is 3. The van der Waals surface area contributed by atoms with Crippen LogP contribution in [0.15, 0.2) is 35.1 Å². The summed E-state index contributed by atoms with van der Waals surface area (Å²) in [5.74, 6) is -0.459. The Morgan fingerprint density at radius 2 is 2.04 bits per heavy atom. The highest BCUT2D eigenvalue weighted by Gasteiger charge is 2.37. The molecule has 1 aromatic heterocycles. The van der Waals surface area contributed by atoms with E-state index in [9.17, 15) is 18.0 Å². The van der Waals surface area contributed by atoms with Crippen molar-refractivity contribution in [3.8, 4) is 5.75 Å². The van der Waals surface area contributed by atoms with Crippen LogP contribution in [0, 0.1) is 0 Å². The number of amides is 1. The van der Waals surface area contributed by atoms with Gasteiger partial charge in [0.1, 0.15) is 11.3 Å². The summed E-state index contributed by atoms with van der Waals surface area (Å²) in [6, 6.07) is 4.08. The van der Waals surface area contributed by atoms with Gasteiger partial charge in [0.15, 0.2) is 0 Å². The summed E-state index contributed by atoms with van der Waals surface area (Å²) in [6.45, 7) is 4.01. The topological polar surface area (TPSA) is 47.4 Å². The number of aromatic nitrogens is 2. The minimum absolute atomic E-state index is 0.182. The van der Waals surface area contributed by atoms with Gasteiger partial charge < -0.3 is 9.64 Å². The Kier molecular flexibility index (Phi) is 4.76. The first-order valence-corrected chi connectivity index (χ1v) is 8.78. The predicted octanol–water partition coefficient (Wildman–Crippen LogP) is 4.26. The third-order valence-corrected chi connectivity index (χ3v) is 4.71. The van der Waals surface area contributed by atoms with Gasteiger partial charge in [-0.2, -0.15) is 5.10 Å². The molecule has 0 bridgehead atoms. The van der Waals surface area contributed by atoms with E-state index in [1.54, 1.807) is 35.8 Å². The molecule has 1 aliphatic heterocycles. The van der Waals surface area contributed by atoms with Gasteiger partial charge in [0, 0.05) is 18.4 Å². The second-order valence-corrected chi connectivity index (χ2v) is 7.48. The van der Waals surface area contributed by atoms with Crippen LogP contribution in [0.3, 0.4) is 0 Å². The number of anilines is 1. The summed E-state index contributed by atoms with van der Waals surface area (Å²) in [4.78, 5) is 14.7. The number of benzene rings is 1. The fourth-order valence-electron chi connectivity index (χ4n) is 3.02. The van der Waals surface area contributed by atoms with E-state index in [1.807, 2.05) is 0 Å². The van der Waals surface area contributed by atoms with Crippen molar-refractivity contribution in [2.45, 2.75) is 38.6 Å². The van der Waals surface area contributed by atoms with Crippen molar-refractivity contribution in [1.29, 1.82) is 0 Å². The van der Waals surface area contributed by atoms with Gasteiger partial charge in [-0.15, -0.1) is 13.2 Å². The average molecular weight is 432 g/mol. The van der Waals surface area contributed by atoms with Gasteiger partial charge >= 0.3 is 6.36 Å². The van der Waals surface area contributed by atoms with E-state index >= 15 is 0 Å². The molecule has 0 aliphatic carbocycles. The third kappa shape index (κ3) is 3.72. The lowest BCUT2D eigenvalue weighted by Gasteiger charge is -2.36. The van der Waals surface area contributed by atoms with E-state index in [2.05, 4.69) is 25.8 Å². The van der Waals surface area contributed by atoms with Crippen LogP contribution in [-0.2, 0) is 16.8 Å². The first kappa shape index (κ1) is 18.8. The second kappa shape index (κ2) is 6.61. The highest BCUT2D eigenvalue weighted by Crippen LogP contribution is 2.34. The van der Waals surface area contributed by atoms with Crippen molar-refractivity contribution in [3.05, 3.63) is 40.6 Å². The Morgan fingerprint density at radius 1 is 1.31 bits per heavy atom. The zero-order valence-electron chi connectivity index (χ0n) is 14.2. The molecule has 2 aromatic rings. The van der Waals surface area contributed by atoms with Crippen molar-refractivity contribution in [2.75, 3.05) is 11.4 Å². The molecule has 3 rings (SSSR count). The monoisotopic (exact) mass is 431 g/mol. The van der Waals surface area contributed by atoms with E-state index in [0.717, 1.165) is 4.47 Å². The molecule has 5 nitrogen and oxygen atoms in total. The smallest absolute Gasteiger partial charge is 0.406 e. The summed E-state index contributed by atoms with van der Waals surface area (Å²) >= 11 is 3.31. The lowest BCUT2D eigenvalue weighted by atomic mass is 9.97. The molecule has 1 amide bonds. The van der Waals surface area contributed by atoms with Gasteiger partial charge in [0.25, 0.3) is 5.91 Å². The second-order valence-electron chi connectivity index (χ2n) is 6.56. The Morgan fingerprint density at radius 3 is 2.65 bits per heavy atom. The van der Waals surface area contributed by atoms with E-state index in [0.29, 0.717) is 30.6 Å². The van der Waals surface area contributed by atoms with Gasteiger partial charge in [-0.25, -0.2) is 0 Å². The third-order valence-electron chi connectivity index (χ3n) is 4.30. The molecule has 0 unspecified atom stereocenters. The largest absolute Gasteiger partial charge is 0.573 e. The first-order valence-electron chi connectivity index (χ1n) is 7.99. The number of carbonyl (C=O) groups excluding carboxylic acids is 1. The molecule has 2 heterocycles. The van der Waals surface area contributed by atoms with Gasteiger partial charge in [0.05, 0.1) is 10.7 Å². The van der Waals surface area contributed by atoms with Crippen LogP contribution in [-0.4, -0.2) is 28.6 Å². The number of nitrogens with zero attached hydrogens (tertiary/aromatic N) is 3. The minimum Gasteiger partial charge on any atom is -0.406 e. The van der Waals surface area contributed by atoms with E-state index < -0.39 is 11.9 Å².